The second kappa shape index (κ2) is 10.9. The summed E-state index contributed by atoms with van der Waals surface area (Å²) in [6, 6.07) is 15.8. The second-order valence-electron chi connectivity index (χ2n) is 9.50. The number of nitrogens with one attached hydrogen (secondary N) is 2. The van der Waals surface area contributed by atoms with E-state index in [-0.39, 0.29) is 43.2 Å². The van der Waals surface area contributed by atoms with Gasteiger partial charge in [0.2, 0.25) is 5.91 Å². The highest BCUT2D eigenvalue weighted by molar-refractivity contribution is 5.82. The summed E-state index contributed by atoms with van der Waals surface area (Å²) in [5.41, 5.74) is 4.61. The smallest absolute Gasteiger partial charge is 0.407 e. The van der Waals surface area contributed by atoms with Gasteiger partial charge in [0.25, 0.3) is 0 Å². The van der Waals surface area contributed by atoms with Crippen molar-refractivity contribution in [3.05, 3.63) is 59.7 Å². The summed E-state index contributed by atoms with van der Waals surface area (Å²) in [7, 11) is 0. The Hall–Kier alpha value is -3.39. The Morgan fingerprint density at radius 2 is 1.69 bits per heavy atom. The topological polar surface area (TPSA) is 114 Å². The molecule has 1 fully saturated rings. The highest BCUT2D eigenvalue weighted by atomic mass is 16.5. The number of hydrogen-bond acceptors (Lipinski definition) is 5. The number of aliphatic carboxylic acids is 1. The maximum Gasteiger partial charge on any atom is 0.407 e. The van der Waals surface area contributed by atoms with Gasteiger partial charge in [0.05, 0.1) is 6.42 Å². The molecule has 2 aliphatic rings. The van der Waals surface area contributed by atoms with Crippen LogP contribution in [0, 0.1) is 11.8 Å². The number of hydrogen-bond donors (Lipinski definition) is 3. The number of carbonyl (C=O) groups excluding carboxylic acids is 2. The average molecular weight is 481 g/mol. The molecule has 0 saturated carbocycles. The van der Waals surface area contributed by atoms with Crippen LogP contribution < -0.4 is 10.6 Å². The lowest BCUT2D eigenvalue weighted by Gasteiger charge is -2.24. The van der Waals surface area contributed by atoms with Gasteiger partial charge in [-0.25, -0.2) is 4.79 Å². The lowest BCUT2D eigenvalue weighted by molar-refractivity contribution is -0.138. The number of carboxylic acids is 1. The Balaban J connectivity index is 1.30. The van der Waals surface area contributed by atoms with Crippen molar-refractivity contribution < 1.29 is 29.0 Å². The molecule has 0 bridgehead atoms. The molecule has 0 radical (unpaired) electrons. The predicted octanol–water partition coefficient (Wildman–Crippen LogP) is 3.55. The third-order valence-electron chi connectivity index (χ3n) is 6.85. The van der Waals surface area contributed by atoms with Gasteiger partial charge in [0, 0.05) is 31.0 Å². The molecule has 0 unspecified atom stereocenters. The number of ether oxygens (including phenoxy) is 2. The van der Waals surface area contributed by atoms with Crippen molar-refractivity contribution in [3.8, 4) is 11.1 Å². The average Bonchev–Trinajstić information content (AvgIpc) is 3.43. The van der Waals surface area contributed by atoms with E-state index in [9.17, 15) is 14.4 Å². The Morgan fingerprint density at radius 3 is 2.29 bits per heavy atom. The Labute approximate surface area is 205 Å². The zero-order valence-corrected chi connectivity index (χ0v) is 20.0. The third kappa shape index (κ3) is 5.65. The van der Waals surface area contributed by atoms with Gasteiger partial charge in [-0.3, -0.25) is 9.59 Å². The van der Waals surface area contributed by atoms with Crippen LogP contribution in [0.5, 0.6) is 0 Å². The molecule has 186 valence electrons. The van der Waals surface area contributed by atoms with Gasteiger partial charge < -0.3 is 25.2 Å². The van der Waals surface area contributed by atoms with Gasteiger partial charge in [-0.05, 0) is 34.6 Å². The first-order valence-electron chi connectivity index (χ1n) is 12.1. The molecule has 1 heterocycles. The zero-order chi connectivity index (χ0) is 24.9. The van der Waals surface area contributed by atoms with E-state index in [0.29, 0.717) is 13.0 Å². The molecule has 2 aromatic carbocycles. The van der Waals surface area contributed by atoms with Crippen LogP contribution in [0.2, 0.25) is 0 Å². The van der Waals surface area contributed by atoms with E-state index < -0.39 is 24.2 Å². The van der Waals surface area contributed by atoms with Gasteiger partial charge in [-0.1, -0.05) is 62.4 Å². The van der Waals surface area contributed by atoms with Crippen LogP contribution in [0.15, 0.2) is 48.5 Å². The number of alkyl carbamates (subject to hydrolysis) is 1. The fraction of sp³-hybridized carbons (Fsp3) is 0.444. The first kappa shape index (κ1) is 24.7. The van der Waals surface area contributed by atoms with Crippen molar-refractivity contribution in [3.63, 3.8) is 0 Å². The minimum atomic E-state index is -0.968. The van der Waals surface area contributed by atoms with Crippen LogP contribution in [-0.4, -0.2) is 55.0 Å². The molecule has 2 aromatic rings. The first-order valence-corrected chi connectivity index (χ1v) is 12.1. The van der Waals surface area contributed by atoms with Crippen LogP contribution in [0.1, 0.15) is 43.7 Å². The van der Waals surface area contributed by atoms with Gasteiger partial charge in [-0.2, -0.15) is 0 Å². The van der Waals surface area contributed by atoms with Crippen molar-refractivity contribution in [1.29, 1.82) is 0 Å². The van der Waals surface area contributed by atoms with Crippen molar-refractivity contribution in [2.24, 2.45) is 11.8 Å². The number of carbonyl (C=O) groups is 3. The molecule has 1 aliphatic carbocycles. The normalized spacial score (nSPS) is 19.6. The largest absolute Gasteiger partial charge is 0.481 e. The van der Waals surface area contributed by atoms with Gasteiger partial charge in [0.1, 0.15) is 12.7 Å². The summed E-state index contributed by atoms with van der Waals surface area (Å²) >= 11 is 0. The van der Waals surface area contributed by atoms with E-state index in [4.69, 9.17) is 14.6 Å². The summed E-state index contributed by atoms with van der Waals surface area (Å²) in [5, 5.41) is 14.7. The van der Waals surface area contributed by atoms with E-state index >= 15 is 0 Å². The predicted molar refractivity (Wildman–Crippen MR) is 130 cm³/mol. The van der Waals surface area contributed by atoms with Crippen molar-refractivity contribution in [2.45, 2.75) is 44.8 Å². The second-order valence-corrected chi connectivity index (χ2v) is 9.50. The van der Waals surface area contributed by atoms with Crippen LogP contribution >= 0.6 is 0 Å². The number of carboxylic acid groups (broad SMARTS) is 1. The SMILES string of the molecule is CC(C)[C@@H](CC(=O)O)NC(=O)[C@@H]1OCC[C@@H]1CNC(=O)OCC1c2ccccc2-c2ccccc21. The van der Waals surface area contributed by atoms with Crippen LogP contribution in [0.4, 0.5) is 4.79 Å². The summed E-state index contributed by atoms with van der Waals surface area (Å²) < 4.78 is 11.2. The molecule has 3 N–H and O–H groups in total. The molecule has 4 rings (SSSR count). The number of rotatable bonds is 9. The molecule has 8 heteroatoms. The fourth-order valence-electron chi connectivity index (χ4n) is 4.90. The van der Waals surface area contributed by atoms with Crippen molar-refractivity contribution in [1.82, 2.24) is 10.6 Å². The Morgan fingerprint density at radius 1 is 1.06 bits per heavy atom. The molecule has 8 nitrogen and oxygen atoms in total. The lowest BCUT2D eigenvalue weighted by atomic mass is 9.97. The molecule has 1 aliphatic heterocycles. The summed E-state index contributed by atoms with van der Waals surface area (Å²) in [5.74, 6) is -1.59. The maximum atomic E-state index is 12.8. The molecule has 0 aromatic heterocycles. The molecular weight excluding hydrogens is 448 g/mol. The van der Waals surface area contributed by atoms with Crippen LogP contribution in [0.3, 0.4) is 0 Å². The molecule has 0 spiro atoms. The maximum absolute atomic E-state index is 12.8. The quantitative estimate of drug-likeness (QED) is 0.506. The number of amides is 2. The van der Waals surface area contributed by atoms with E-state index in [0.717, 1.165) is 22.3 Å². The summed E-state index contributed by atoms with van der Waals surface area (Å²) in [4.78, 5) is 36.4. The lowest BCUT2D eigenvalue weighted by Crippen LogP contribution is -2.48. The first-order chi connectivity index (χ1) is 16.8. The highest BCUT2D eigenvalue weighted by Gasteiger charge is 2.36. The summed E-state index contributed by atoms with van der Waals surface area (Å²) in [6.07, 6.45) is -0.811. The van der Waals surface area contributed by atoms with E-state index in [2.05, 4.69) is 34.9 Å². The highest BCUT2D eigenvalue weighted by Crippen LogP contribution is 2.44. The number of benzene rings is 2. The van der Waals surface area contributed by atoms with Crippen LogP contribution in [-0.2, 0) is 19.1 Å². The van der Waals surface area contributed by atoms with Crippen molar-refractivity contribution in [2.75, 3.05) is 19.8 Å². The fourth-order valence-corrected chi connectivity index (χ4v) is 4.90. The standard InChI is InChI=1S/C27H32N2O6/c1-16(2)23(13-24(30)31)29-26(32)25-17(11-12-34-25)14-28-27(33)35-15-22-20-9-5-3-7-18(20)19-8-4-6-10-21(19)22/h3-10,16-17,22-23,25H,11-15H2,1-2H3,(H,28,33)(H,29,32)(H,30,31)/t17-,23-,25-/m1/s1. The van der Waals surface area contributed by atoms with Gasteiger partial charge in [-0.15, -0.1) is 0 Å². The van der Waals surface area contributed by atoms with Crippen molar-refractivity contribution >= 4 is 18.0 Å². The van der Waals surface area contributed by atoms with E-state index in [1.807, 2.05) is 38.1 Å². The minimum Gasteiger partial charge on any atom is -0.481 e. The zero-order valence-electron chi connectivity index (χ0n) is 20.0. The minimum absolute atomic E-state index is 0.0244. The summed E-state index contributed by atoms with van der Waals surface area (Å²) in [6.45, 7) is 4.58. The Bertz CT molecular complexity index is 1040. The monoisotopic (exact) mass is 480 g/mol. The van der Waals surface area contributed by atoms with Gasteiger partial charge >= 0.3 is 12.1 Å². The molecule has 35 heavy (non-hydrogen) atoms. The third-order valence-corrected chi connectivity index (χ3v) is 6.85. The van der Waals surface area contributed by atoms with Gasteiger partial charge in [0.15, 0.2) is 0 Å². The number of fused-ring (bicyclic) bond motifs is 3. The molecule has 1 saturated heterocycles. The molecule has 3 atom stereocenters. The Kier molecular flexibility index (Phi) is 7.70. The molecular formula is C27H32N2O6. The van der Waals surface area contributed by atoms with E-state index in [1.165, 1.54) is 0 Å². The molecule has 2 amide bonds. The van der Waals surface area contributed by atoms with Crippen LogP contribution in [0.25, 0.3) is 11.1 Å². The van der Waals surface area contributed by atoms with E-state index in [1.54, 1.807) is 0 Å².